The summed E-state index contributed by atoms with van der Waals surface area (Å²) in [6.07, 6.45) is 6.92. The van der Waals surface area contributed by atoms with Crippen LogP contribution in [0.15, 0.2) is 6.20 Å². The van der Waals surface area contributed by atoms with Crippen LogP contribution in [0.4, 0.5) is 11.8 Å². The molecule has 1 fully saturated rings. The minimum absolute atomic E-state index is 0.681. The highest BCUT2D eigenvalue weighted by atomic mass is 15.3. The van der Waals surface area contributed by atoms with E-state index in [2.05, 4.69) is 39.2 Å². The zero-order chi connectivity index (χ0) is 14.7. The summed E-state index contributed by atoms with van der Waals surface area (Å²) in [5, 5.41) is 11.3. The molecule has 3 heterocycles. The van der Waals surface area contributed by atoms with Crippen LogP contribution >= 0.6 is 0 Å². The SMILES string of the molecule is CCNc1nc(N2CCCC(CC)CC2)c2cn[nH]c2n1. The number of fused-ring (bicyclic) bond motifs is 1. The Bertz CT molecular complexity index is 593. The van der Waals surface area contributed by atoms with Crippen molar-refractivity contribution in [3.05, 3.63) is 6.20 Å². The lowest BCUT2D eigenvalue weighted by molar-refractivity contribution is 0.459. The molecular weight excluding hydrogens is 264 g/mol. The van der Waals surface area contributed by atoms with E-state index in [1.54, 1.807) is 0 Å². The number of nitrogens with one attached hydrogen (secondary N) is 2. The van der Waals surface area contributed by atoms with Crippen LogP contribution in [0.25, 0.3) is 11.0 Å². The Morgan fingerprint density at radius 3 is 3.00 bits per heavy atom. The molecule has 2 aromatic heterocycles. The molecule has 0 spiro atoms. The third kappa shape index (κ3) is 2.94. The fourth-order valence-corrected chi connectivity index (χ4v) is 3.08. The first-order chi connectivity index (χ1) is 10.3. The minimum atomic E-state index is 0.681. The van der Waals surface area contributed by atoms with Crippen LogP contribution in [-0.2, 0) is 0 Å². The maximum atomic E-state index is 4.72. The van der Waals surface area contributed by atoms with E-state index in [9.17, 15) is 0 Å². The lowest BCUT2D eigenvalue weighted by atomic mass is 9.98. The predicted octanol–water partition coefficient (Wildman–Crippen LogP) is 2.80. The molecule has 0 bridgehead atoms. The molecule has 2 N–H and O–H groups in total. The van der Waals surface area contributed by atoms with E-state index in [1.807, 2.05) is 6.20 Å². The molecule has 21 heavy (non-hydrogen) atoms. The summed E-state index contributed by atoms with van der Waals surface area (Å²) in [5.74, 6) is 2.55. The zero-order valence-corrected chi connectivity index (χ0v) is 12.9. The third-order valence-electron chi connectivity index (χ3n) is 4.35. The number of anilines is 2. The quantitative estimate of drug-likeness (QED) is 0.905. The molecule has 6 heteroatoms. The van der Waals surface area contributed by atoms with Crippen LogP contribution in [0, 0.1) is 5.92 Å². The topological polar surface area (TPSA) is 69.7 Å². The molecule has 0 aliphatic carbocycles. The van der Waals surface area contributed by atoms with E-state index in [0.717, 1.165) is 42.4 Å². The Morgan fingerprint density at radius 1 is 1.29 bits per heavy atom. The highest BCUT2D eigenvalue weighted by Gasteiger charge is 2.20. The number of aromatic nitrogens is 4. The lowest BCUT2D eigenvalue weighted by Crippen LogP contribution is -2.26. The molecule has 0 radical (unpaired) electrons. The van der Waals surface area contributed by atoms with Crippen LogP contribution in [-0.4, -0.2) is 39.8 Å². The first-order valence-corrected chi connectivity index (χ1v) is 8.01. The summed E-state index contributed by atoms with van der Waals surface area (Å²) in [4.78, 5) is 11.6. The van der Waals surface area contributed by atoms with Gasteiger partial charge in [-0.2, -0.15) is 15.1 Å². The summed E-state index contributed by atoms with van der Waals surface area (Å²) in [7, 11) is 0. The third-order valence-corrected chi connectivity index (χ3v) is 4.35. The van der Waals surface area contributed by atoms with Crippen molar-refractivity contribution in [3.63, 3.8) is 0 Å². The maximum absolute atomic E-state index is 4.72. The van der Waals surface area contributed by atoms with Crippen molar-refractivity contribution >= 4 is 22.8 Å². The van der Waals surface area contributed by atoms with Crippen LogP contribution in [0.1, 0.15) is 39.5 Å². The van der Waals surface area contributed by atoms with Crippen LogP contribution in [0.3, 0.4) is 0 Å². The van der Waals surface area contributed by atoms with Gasteiger partial charge in [0.25, 0.3) is 0 Å². The first-order valence-electron chi connectivity index (χ1n) is 8.01. The molecule has 1 aliphatic rings. The normalized spacial score (nSPS) is 19.7. The van der Waals surface area contributed by atoms with Crippen molar-refractivity contribution in [1.82, 2.24) is 20.2 Å². The second kappa shape index (κ2) is 6.28. The van der Waals surface area contributed by atoms with E-state index < -0.39 is 0 Å². The van der Waals surface area contributed by atoms with Crippen molar-refractivity contribution in [2.75, 3.05) is 29.9 Å². The molecule has 0 saturated carbocycles. The van der Waals surface area contributed by atoms with E-state index in [0.29, 0.717) is 5.95 Å². The fraction of sp³-hybridized carbons (Fsp3) is 0.667. The molecule has 3 rings (SSSR count). The van der Waals surface area contributed by atoms with Gasteiger partial charge in [-0.15, -0.1) is 0 Å². The van der Waals surface area contributed by atoms with Crippen molar-refractivity contribution in [1.29, 1.82) is 0 Å². The molecular formula is C15H24N6. The van der Waals surface area contributed by atoms with Gasteiger partial charge in [0.1, 0.15) is 5.82 Å². The van der Waals surface area contributed by atoms with Crippen LogP contribution in [0.5, 0.6) is 0 Å². The first kappa shape index (κ1) is 14.1. The second-order valence-electron chi connectivity index (χ2n) is 5.73. The highest BCUT2D eigenvalue weighted by Crippen LogP contribution is 2.28. The van der Waals surface area contributed by atoms with E-state index in [4.69, 9.17) is 4.98 Å². The molecule has 2 aromatic rings. The summed E-state index contributed by atoms with van der Waals surface area (Å²) in [6.45, 7) is 7.30. The minimum Gasteiger partial charge on any atom is -0.356 e. The van der Waals surface area contributed by atoms with Gasteiger partial charge in [-0.25, -0.2) is 0 Å². The molecule has 0 aromatic carbocycles. The smallest absolute Gasteiger partial charge is 0.226 e. The van der Waals surface area contributed by atoms with Crippen LogP contribution < -0.4 is 10.2 Å². The Labute approximate surface area is 125 Å². The standard InChI is InChI=1S/C15H24N6/c1-3-11-6-5-8-21(9-7-11)14-12-10-17-20-13(12)18-15(19-14)16-4-2/h10-11H,3-9H2,1-2H3,(H2,16,17,18,19,20). The Hall–Kier alpha value is -1.85. The van der Waals surface area contributed by atoms with E-state index in [1.165, 1.54) is 25.7 Å². The van der Waals surface area contributed by atoms with Gasteiger partial charge >= 0.3 is 0 Å². The fourth-order valence-electron chi connectivity index (χ4n) is 3.08. The van der Waals surface area contributed by atoms with Gasteiger partial charge < -0.3 is 10.2 Å². The van der Waals surface area contributed by atoms with Crippen molar-refractivity contribution in [3.8, 4) is 0 Å². The highest BCUT2D eigenvalue weighted by molar-refractivity contribution is 5.87. The Kier molecular flexibility index (Phi) is 4.22. The molecule has 1 unspecified atom stereocenters. The zero-order valence-electron chi connectivity index (χ0n) is 12.9. The van der Waals surface area contributed by atoms with E-state index in [-0.39, 0.29) is 0 Å². The number of nitrogens with zero attached hydrogens (tertiary/aromatic N) is 4. The summed E-state index contributed by atoms with van der Waals surface area (Å²) in [5.41, 5.74) is 0.812. The van der Waals surface area contributed by atoms with Gasteiger partial charge in [0, 0.05) is 19.6 Å². The Balaban J connectivity index is 1.92. The van der Waals surface area contributed by atoms with Crippen molar-refractivity contribution < 1.29 is 0 Å². The summed E-state index contributed by atoms with van der Waals surface area (Å²) in [6, 6.07) is 0. The molecule has 6 nitrogen and oxygen atoms in total. The number of hydrogen-bond donors (Lipinski definition) is 2. The monoisotopic (exact) mass is 288 g/mol. The van der Waals surface area contributed by atoms with Crippen molar-refractivity contribution in [2.24, 2.45) is 5.92 Å². The number of H-pyrrole nitrogens is 1. The van der Waals surface area contributed by atoms with Gasteiger partial charge in [0.15, 0.2) is 5.65 Å². The van der Waals surface area contributed by atoms with Gasteiger partial charge in [-0.3, -0.25) is 5.10 Å². The molecule has 114 valence electrons. The second-order valence-corrected chi connectivity index (χ2v) is 5.73. The number of rotatable bonds is 4. The Morgan fingerprint density at radius 2 is 2.19 bits per heavy atom. The van der Waals surface area contributed by atoms with Gasteiger partial charge in [-0.1, -0.05) is 13.3 Å². The van der Waals surface area contributed by atoms with E-state index >= 15 is 0 Å². The number of aromatic amines is 1. The molecule has 1 saturated heterocycles. The summed E-state index contributed by atoms with van der Waals surface area (Å²) < 4.78 is 0. The molecule has 1 atom stereocenters. The van der Waals surface area contributed by atoms with Gasteiger partial charge in [0.2, 0.25) is 5.95 Å². The van der Waals surface area contributed by atoms with Crippen LogP contribution in [0.2, 0.25) is 0 Å². The molecule has 0 amide bonds. The average molecular weight is 288 g/mol. The molecule has 1 aliphatic heterocycles. The lowest BCUT2D eigenvalue weighted by Gasteiger charge is -2.22. The van der Waals surface area contributed by atoms with Gasteiger partial charge in [-0.05, 0) is 32.1 Å². The average Bonchev–Trinajstić information content (AvgIpc) is 2.83. The maximum Gasteiger partial charge on any atom is 0.226 e. The van der Waals surface area contributed by atoms with Crippen molar-refractivity contribution in [2.45, 2.75) is 39.5 Å². The number of hydrogen-bond acceptors (Lipinski definition) is 5. The summed E-state index contributed by atoms with van der Waals surface area (Å²) >= 11 is 0. The van der Waals surface area contributed by atoms with Gasteiger partial charge in [0.05, 0.1) is 11.6 Å². The predicted molar refractivity (Wildman–Crippen MR) is 85.7 cm³/mol. The largest absolute Gasteiger partial charge is 0.356 e.